The molecule has 0 bridgehead atoms. The van der Waals surface area contributed by atoms with Crippen LogP contribution in [0.4, 0.5) is 0 Å². The van der Waals surface area contributed by atoms with Crippen LogP contribution in [-0.4, -0.2) is 47.8 Å². The second-order valence-corrected chi connectivity index (χ2v) is 16.7. The minimum absolute atomic E-state index is 0.0813. The van der Waals surface area contributed by atoms with E-state index in [1.54, 1.807) is 6.08 Å². The summed E-state index contributed by atoms with van der Waals surface area (Å²) >= 11 is 0. The SMILES string of the molecule is CCCCCCCCCCCCCC=CC(O)C(COP(=O)(O)OCCN)NC(=O)CCCCCCCCCCCCCCCCCCCCCC. The van der Waals surface area contributed by atoms with Crippen molar-refractivity contribution in [3.63, 3.8) is 0 Å². The Morgan fingerprint density at radius 3 is 1.37 bits per heavy atom. The highest BCUT2D eigenvalue weighted by Crippen LogP contribution is 2.43. The lowest BCUT2D eigenvalue weighted by Crippen LogP contribution is -2.45. The number of amides is 1. The van der Waals surface area contributed by atoms with Gasteiger partial charge in [-0.3, -0.25) is 13.8 Å². The minimum atomic E-state index is -4.33. The van der Waals surface area contributed by atoms with E-state index >= 15 is 0 Å². The van der Waals surface area contributed by atoms with Crippen molar-refractivity contribution in [1.82, 2.24) is 5.32 Å². The molecule has 0 spiro atoms. The lowest BCUT2D eigenvalue weighted by molar-refractivity contribution is -0.123. The maximum absolute atomic E-state index is 12.8. The van der Waals surface area contributed by atoms with Crippen LogP contribution in [0.25, 0.3) is 0 Å². The van der Waals surface area contributed by atoms with Crippen LogP contribution in [0, 0.1) is 0 Å². The Hall–Kier alpha value is -0.760. The topological polar surface area (TPSA) is 131 Å². The van der Waals surface area contributed by atoms with Crippen molar-refractivity contribution in [2.24, 2.45) is 5.73 Å². The van der Waals surface area contributed by atoms with Crippen LogP contribution in [0.1, 0.15) is 226 Å². The molecule has 3 atom stereocenters. The molecule has 0 aliphatic carbocycles. The average molecular weight is 759 g/mol. The third-order valence-electron chi connectivity index (χ3n) is 10.1. The first-order valence-corrected chi connectivity index (χ1v) is 23.8. The van der Waals surface area contributed by atoms with Crippen LogP contribution in [0.3, 0.4) is 0 Å². The number of aliphatic hydroxyl groups is 1. The maximum Gasteiger partial charge on any atom is 0.472 e. The lowest BCUT2D eigenvalue weighted by atomic mass is 10.0. The molecule has 310 valence electrons. The third-order valence-corrected chi connectivity index (χ3v) is 11.1. The first kappa shape index (κ1) is 51.2. The molecule has 3 unspecified atom stereocenters. The van der Waals surface area contributed by atoms with Gasteiger partial charge in [0.1, 0.15) is 0 Å². The van der Waals surface area contributed by atoms with E-state index in [-0.39, 0.29) is 25.7 Å². The van der Waals surface area contributed by atoms with E-state index in [2.05, 4.69) is 19.2 Å². The van der Waals surface area contributed by atoms with Crippen molar-refractivity contribution in [3.05, 3.63) is 12.2 Å². The summed E-state index contributed by atoms with van der Waals surface area (Å²) in [5, 5.41) is 13.7. The molecule has 5 N–H and O–H groups in total. The summed E-state index contributed by atoms with van der Waals surface area (Å²) < 4.78 is 22.1. The Kier molecular flexibility index (Phi) is 39.3. The second-order valence-electron chi connectivity index (χ2n) is 15.3. The van der Waals surface area contributed by atoms with Gasteiger partial charge in [-0.05, 0) is 19.3 Å². The number of nitrogens with two attached hydrogens (primary N) is 1. The zero-order chi connectivity index (χ0) is 38.2. The van der Waals surface area contributed by atoms with E-state index in [0.717, 1.165) is 38.5 Å². The molecule has 9 heteroatoms. The number of rotatable bonds is 42. The molecule has 0 aromatic rings. The third kappa shape index (κ3) is 37.6. The van der Waals surface area contributed by atoms with Gasteiger partial charge >= 0.3 is 7.82 Å². The molecule has 0 aliphatic rings. The van der Waals surface area contributed by atoms with Gasteiger partial charge in [-0.15, -0.1) is 0 Å². The number of hydrogen-bond donors (Lipinski definition) is 4. The molecule has 0 aromatic heterocycles. The highest BCUT2D eigenvalue weighted by molar-refractivity contribution is 7.47. The van der Waals surface area contributed by atoms with E-state index < -0.39 is 20.0 Å². The average Bonchev–Trinajstić information content (AvgIpc) is 3.13. The predicted molar refractivity (Wildman–Crippen MR) is 222 cm³/mol. The van der Waals surface area contributed by atoms with Crippen molar-refractivity contribution in [2.45, 2.75) is 238 Å². The first-order chi connectivity index (χ1) is 25.4. The molecule has 0 aromatic carbocycles. The molecular weight excluding hydrogens is 671 g/mol. The number of phosphoric acid groups is 1. The zero-order valence-electron chi connectivity index (χ0n) is 34.3. The van der Waals surface area contributed by atoms with E-state index in [1.165, 1.54) is 167 Å². The van der Waals surface area contributed by atoms with Gasteiger partial charge in [0, 0.05) is 13.0 Å². The summed E-state index contributed by atoms with van der Waals surface area (Å²) in [4.78, 5) is 22.7. The Morgan fingerprint density at radius 2 is 0.981 bits per heavy atom. The Labute approximate surface area is 322 Å². The van der Waals surface area contributed by atoms with Gasteiger partial charge < -0.3 is 21.1 Å². The summed E-state index contributed by atoms with van der Waals surface area (Å²) in [7, 11) is -4.33. The molecular formula is C43H87N2O6P. The van der Waals surface area contributed by atoms with E-state index in [9.17, 15) is 19.4 Å². The highest BCUT2D eigenvalue weighted by atomic mass is 31.2. The van der Waals surface area contributed by atoms with Gasteiger partial charge in [0.25, 0.3) is 0 Å². The fourth-order valence-corrected chi connectivity index (χ4v) is 7.48. The largest absolute Gasteiger partial charge is 0.472 e. The Morgan fingerprint density at radius 1 is 0.615 bits per heavy atom. The second kappa shape index (κ2) is 39.9. The standard InChI is InChI=1S/C43H87N2O6P/c1-3-5-7-9-11-13-15-17-18-19-20-21-22-23-25-27-29-31-33-35-37-43(47)45-41(40-51-52(48,49)50-39-38-44)42(46)36-34-32-30-28-26-24-16-14-12-10-8-6-4-2/h34,36,41-42,46H,3-33,35,37-40,44H2,1-2H3,(H,45,47)(H,48,49). The summed E-state index contributed by atoms with van der Waals surface area (Å²) in [6.45, 7) is 4.15. The van der Waals surface area contributed by atoms with Crippen LogP contribution in [0.5, 0.6) is 0 Å². The van der Waals surface area contributed by atoms with Gasteiger partial charge in [0.05, 0.1) is 25.4 Å². The molecule has 0 saturated heterocycles. The zero-order valence-corrected chi connectivity index (χ0v) is 35.2. The Bertz CT molecular complexity index is 829. The lowest BCUT2D eigenvalue weighted by Gasteiger charge is -2.23. The van der Waals surface area contributed by atoms with E-state index in [0.29, 0.717) is 6.42 Å². The van der Waals surface area contributed by atoms with Crippen LogP contribution in [0.15, 0.2) is 12.2 Å². The maximum atomic E-state index is 12.8. The number of aliphatic hydroxyl groups excluding tert-OH is 1. The van der Waals surface area contributed by atoms with Crippen molar-refractivity contribution in [1.29, 1.82) is 0 Å². The number of hydrogen-bond acceptors (Lipinski definition) is 6. The monoisotopic (exact) mass is 759 g/mol. The summed E-state index contributed by atoms with van der Waals surface area (Å²) in [5.74, 6) is -0.190. The first-order valence-electron chi connectivity index (χ1n) is 22.3. The Balaban J connectivity index is 4.11. The number of carbonyl (C=O) groups excluding carboxylic acids is 1. The fourth-order valence-electron chi connectivity index (χ4n) is 6.72. The van der Waals surface area contributed by atoms with Gasteiger partial charge in [-0.2, -0.15) is 0 Å². The summed E-state index contributed by atoms with van der Waals surface area (Å²) in [6, 6.07) is -0.854. The van der Waals surface area contributed by atoms with E-state index in [4.69, 9.17) is 14.8 Å². The van der Waals surface area contributed by atoms with Crippen molar-refractivity contribution >= 4 is 13.7 Å². The van der Waals surface area contributed by atoms with Crippen molar-refractivity contribution in [3.8, 4) is 0 Å². The molecule has 0 heterocycles. The molecule has 8 nitrogen and oxygen atoms in total. The number of allylic oxidation sites excluding steroid dienone is 1. The van der Waals surface area contributed by atoms with Gasteiger partial charge in [-0.1, -0.05) is 212 Å². The summed E-state index contributed by atoms with van der Waals surface area (Å²) in [5.41, 5.74) is 5.37. The van der Waals surface area contributed by atoms with Gasteiger partial charge in [-0.25, -0.2) is 4.57 Å². The molecule has 0 radical (unpaired) electrons. The van der Waals surface area contributed by atoms with Crippen LogP contribution in [-0.2, 0) is 18.4 Å². The summed E-state index contributed by atoms with van der Waals surface area (Å²) in [6.07, 6.45) is 44.0. The molecule has 1 amide bonds. The van der Waals surface area contributed by atoms with Crippen LogP contribution in [0.2, 0.25) is 0 Å². The normalized spacial score (nSPS) is 14.2. The minimum Gasteiger partial charge on any atom is -0.387 e. The van der Waals surface area contributed by atoms with Gasteiger partial charge in [0.15, 0.2) is 0 Å². The predicted octanol–water partition coefficient (Wildman–Crippen LogP) is 12.4. The number of unbranched alkanes of at least 4 members (excludes halogenated alkanes) is 30. The molecule has 0 aliphatic heterocycles. The van der Waals surface area contributed by atoms with Gasteiger partial charge in [0.2, 0.25) is 5.91 Å². The molecule has 0 fully saturated rings. The van der Waals surface area contributed by atoms with Crippen molar-refractivity contribution < 1.29 is 28.4 Å². The van der Waals surface area contributed by atoms with Crippen LogP contribution < -0.4 is 11.1 Å². The highest BCUT2D eigenvalue weighted by Gasteiger charge is 2.26. The van der Waals surface area contributed by atoms with E-state index in [1.807, 2.05) is 6.08 Å². The van der Waals surface area contributed by atoms with Crippen LogP contribution >= 0.6 is 7.82 Å². The molecule has 0 saturated carbocycles. The number of nitrogens with one attached hydrogen (secondary N) is 1. The fraction of sp³-hybridized carbons (Fsp3) is 0.930. The number of phosphoric ester groups is 1. The smallest absolute Gasteiger partial charge is 0.387 e. The number of carbonyl (C=O) groups is 1. The molecule has 52 heavy (non-hydrogen) atoms. The quantitative estimate of drug-likeness (QED) is 0.0277. The molecule has 0 rings (SSSR count). The van der Waals surface area contributed by atoms with Crippen molar-refractivity contribution in [2.75, 3.05) is 19.8 Å².